The third-order valence-corrected chi connectivity index (χ3v) is 3.78. The molecule has 0 radical (unpaired) electrons. The van der Waals surface area contributed by atoms with E-state index in [2.05, 4.69) is 10.1 Å². The third-order valence-electron chi connectivity index (χ3n) is 2.86. The molecule has 0 atom stereocenters. The summed E-state index contributed by atoms with van der Waals surface area (Å²) in [5.41, 5.74) is 1.89. The van der Waals surface area contributed by atoms with Gasteiger partial charge in [0.25, 0.3) is 0 Å². The highest BCUT2D eigenvalue weighted by atomic mass is 32.2. The maximum absolute atomic E-state index is 13.5. The van der Waals surface area contributed by atoms with Crippen molar-refractivity contribution in [3.05, 3.63) is 36.4 Å². The van der Waals surface area contributed by atoms with Gasteiger partial charge in [-0.15, -0.1) is 0 Å². The SMILES string of the molecule is Cn1cc(-n2c(SCC(=O)O)nc3ccc(F)cc32)cn1. The van der Waals surface area contributed by atoms with E-state index in [9.17, 15) is 9.18 Å². The monoisotopic (exact) mass is 306 g/mol. The largest absolute Gasteiger partial charge is 0.481 e. The van der Waals surface area contributed by atoms with Gasteiger partial charge in [-0.25, -0.2) is 9.37 Å². The number of nitrogens with zero attached hydrogens (tertiary/aromatic N) is 4. The maximum atomic E-state index is 13.5. The van der Waals surface area contributed by atoms with Gasteiger partial charge in [0.15, 0.2) is 5.16 Å². The minimum Gasteiger partial charge on any atom is -0.481 e. The molecule has 0 aliphatic heterocycles. The summed E-state index contributed by atoms with van der Waals surface area (Å²) in [6.45, 7) is 0. The molecule has 8 heteroatoms. The van der Waals surface area contributed by atoms with Crippen molar-refractivity contribution in [2.45, 2.75) is 5.16 Å². The fraction of sp³-hybridized carbons (Fsp3) is 0.154. The van der Waals surface area contributed by atoms with Crippen LogP contribution in [0, 0.1) is 5.82 Å². The van der Waals surface area contributed by atoms with E-state index in [0.29, 0.717) is 21.9 Å². The summed E-state index contributed by atoms with van der Waals surface area (Å²) >= 11 is 1.08. The predicted molar refractivity (Wildman–Crippen MR) is 76.2 cm³/mol. The number of hydrogen-bond acceptors (Lipinski definition) is 4. The number of carboxylic acid groups (broad SMARTS) is 1. The van der Waals surface area contributed by atoms with Gasteiger partial charge in [-0.05, 0) is 12.1 Å². The molecule has 3 rings (SSSR count). The van der Waals surface area contributed by atoms with Crippen molar-refractivity contribution in [2.75, 3.05) is 5.75 Å². The third kappa shape index (κ3) is 2.62. The molecule has 6 nitrogen and oxygen atoms in total. The van der Waals surface area contributed by atoms with Crippen LogP contribution in [0.15, 0.2) is 35.7 Å². The Morgan fingerprint density at radius 1 is 1.48 bits per heavy atom. The number of aryl methyl sites for hydroxylation is 1. The van der Waals surface area contributed by atoms with Crippen LogP contribution in [0.25, 0.3) is 16.7 Å². The minimum atomic E-state index is -0.934. The molecule has 0 saturated carbocycles. The van der Waals surface area contributed by atoms with Crippen LogP contribution in [0.3, 0.4) is 0 Å². The molecule has 0 bridgehead atoms. The van der Waals surface area contributed by atoms with Gasteiger partial charge < -0.3 is 5.11 Å². The summed E-state index contributed by atoms with van der Waals surface area (Å²) in [7, 11) is 1.77. The molecule has 0 amide bonds. The van der Waals surface area contributed by atoms with E-state index in [4.69, 9.17) is 5.11 Å². The molecule has 2 heterocycles. The van der Waals surface area contributed by atoms with Crippen LogP contribution < -0.4 is 0 Å². The standard InChI is InChI=1S/C13H11FN4O2S/c1-17-6-9(5-15-17)18-11-4-8(14)2-3-10(11)16-13(18)21-7-12(19)20/h2-6H,7H2,1H3,(H,19,20). The predicted octanol–water partition coefficient (Wildman–Crippen LogP) is 2.07. The smallest absolute Gasteiger partial charge is 0.313 e. The fourth-order valence-corrected chi connectivity index (χ4v) is 2.77. The van der Waals surface area contributed by atoms with Crippen molar-refractivity contribution in [3.8, 4) is 5.69 Å². The highest BCUT2D eigenvalue weighted by Crippen LogP contribution is 2.28. The van der Waals surface area contributed by atoms with Gasteiger partial charge in [0.2, 0.25) is 0 Å². The Labute approximate surface area is 123 Å². The lowest BCUT2D eigenvalue weighted by Crippen LogP contribution is -2.01. The summed E-state index contributed by atoms with van der Waals surface area (Å²) in [4.78, 5) is 15.1. The number of benzene rings is 1. The first kappa shape index (κ1) is 13.6. The molecule has 0 aliphatic carbocycles. The molecule has 1 aromatic carbocycles. The maximum Gasteiger partial charge on any atom is 0.313 e. The van der Waals surface area contributed by atoms with Crippen molar-refractivity contribution in [1.29, 1.82) is 0 Å². The average molecular weight is 306 g/mol. The van der Waals surface area contributed by atoms with Crippen molar-refractivity contribution < 1.29 is 14.3 Å². The summed E-state index contributed by atoms with van der Waals surface area (Å²) in [6, 6.07) is 4.27. The lowest BCUT2D eigenvalue weighted by molar-refractivity contribution is -0.133. The molecule has 0 unspecified atom stereocenters. The molecule has 3 aromatic rings. The molecule has 0 aliphatic rings. The number of imidazole rings is 1. The van der Waals surface area contributed by atoms with E-state index >= 15 is 0 Å². The van der Waals surface area contributed by atoms with Crippen LogP contribution in [-0.4, -0.2) is 36.2 Å². The summed E-state index contributed by atoms with van der Waals surface area (Å²) in [5, 5.41) is 13.4. The normalized spacial score (nSPS) is 11.1. The summed E-state index contributed by atoms with van der Waals surface area (Å²) < 4.78 is 16.8. The minimum absolute atomic E-state index is 0.119. The highest BCUT2D eigenvalue weighted by Gasteiger charge is 2.15. The Hall–Kier alpha value is -2.35. The fourth-order valence-electron chi connectivity index (χ4n) is 2.02. The van der Waals surface area contributed by atoms with E-state index in [1.54, 1.807) is 34.8 Å². The molecule has 1 N–H and O–H groups in total. The van der Waals surface area contributed by atoms with Gasteiger partial charge in [0.1, 0.15) is 5.82 Å². The molecule has 0 fully saturated rings. The molecule has 108 valence electrons. The lowest BCUT2D eigenvalue weighted by Gasteiger charge is -2.05. The molecule has 0 spiro atoms. The molecule has 21 heavy (non-hydrogen) atoms. The number of carbonyl (C=O) groups is 1. The number of fused-ring (bicyclic) bond motifs is 1. The molecular weight excluding hydrogens is 295 g/mol. The Morgan fingerprint density at radius 3 is 2.95 bits per heavy atom. The number of rotatable bonds is 4. The molecular formula is C13H11FN4O2S. The number of aliphatic carboxylic acids is 1. The molecule has 2 aromatic heterocycles. The number of carboxylic acids is 1. The van der Waals surface area contributed by atoms with Crippen LogP contribution in [0.4, 0.5) is 4.39 Å². The zero-order valence-corrected chi connectivity index (χ0v) is 11.8. The van der Waals surface area contributed by atoms with E-state index in [1.165, 1.54) is 12.1 Å². The van der Waals surface area contributed by atoms with Gasteiger partial charge >= 0.3 is 5.97 Å². The van der Waals surface area contributed by atoms with Crippen LogP contribution in [0.2, 0.25) is 0 Å². The van der Waals surface area contributed by atoms with E-state index in [-0.39, 0.29) is 11.6 Å². The zero-order chi connectivity index (χ0) is 15.0. The van der Waals surface area contributed by atoms with Gasteiger partial charge in [0, 0.05) is 19.3 Å². The van der Waals surface area contributed by atoms with Gasteiger partial charge in [-0.1, -0.05) is 11.8 Å². The van der Waals surface area contributed by atoms with Crippen molar-refractivity contribution in [3.63, 3.8) is 0 Å². The Kier molecular flexibility index (Phi) is 3.38. The zero-order valence-electron chi connectivity index (χ0n) is 11.0. The van der Waals surface area contributed by atoms with Crippen LogP contribution >= 0.6 is 11.8 Å². The van der Waals surface area contributed by atoms with Crippen LogP contribution in [0.5, 0.6) is 0 Å². The quantitative estimate of drug-likeness (QED) is 0.747. The first-order valence-electron chi connectivity index (χ1n) is 6.06. The first-order valence-corrected chi connectivity index (χ1v) is 7.05. The van der Waals surface area contributed by atoms with Gasteiger partial charge in [-0.2, -0.15) is 5.10 Å². The topological polar surface area (TPSA) is 72.9 Å². The van der Waals surface area contributed by atoms with E-state index in [0.717, 1.165) is 11.8 Å². The van der Waals surface area contributed by atoms with Crippen LogP contribution in [0.1, 0.15) is 0 Å². The number of halogens is 1. The van der Waals surface area contributed by atoms with Crippen molar-refractivity contribution >= 4 is 28.8 Å². The lowest BCUT2D eigenvalue weighted by atomic mass is 10.3. The molecule has 0 saturated heterocycles. The van der Waals surface area contributed by atoms with Gasteiger partial charge in [-0.3, -0.25) is 14.0 Å². The highest BCUT2D eigenvalue weighted by molar-refractivity contribution is 7.99. The summed E-state index contributed by atoms with van der Waals surface area (Å²) in [6.07, 6.45) is 3.38. The Balaban J connectivity index is 2.18. The van der Waals surface area contributed by atoms with Crippen molar-refractivity contribution in [2.24, 2.45) is 7.05 Å². The number of hydrogen-bond donors (Lipinski definition) is 1. The van der Waals surface area contributed by atoms with E-state index in [1.807, 2.05) is 0 Å². The second kappa shape index (κ2) is 5.21. The average Bonchev–Trinajstić information content (AvgIpc) is 2.99. The van der Waals surface area contributed by atoms with E-state index < -0.39 is 5.97 Å². The Morgan fingerprint density at radius 2 is 2.29 bits per heavy atom. The Bertz CT molecular complexity index is 827. The second-order valence-electron chi connectivity index (χ2n) is 4.42. The number of aromatic nitrogens is 4. The van der Waals surface area contributed by atoms with Gasteiger partial charge in [0.05, 0.1) is 28.7 Å². The summed E-state index contributed by atoms with van der Waals surface area (Å²) in [5.74, 6) is -1.43. The second-order valence-corrected chi connectivity index (χ2v) is 5.36. The number of thioether (sulfide) groups is 1. The first-order chi connectivity index (χ1) is 10.0. The van der Waals surface area contributed by atoms with Crippen molar-refractivity contribution in [1.82, 2.24) is 19.3 Å². The van der Waals surface area contributed by atoms with Crippen LogP contribution in [-0.2, 0) is 11.8 Å².